The van der Waals surface area contributed by atoms with Gasteiger partial charge in [-0.2, -0.15) is 0 Å². The van der Waals surface area contributed by atoms with Crippen molar-refractivity contribution in [2.75, 3.05) is 6.54 Å². The molecule has 1 heterocycles. The molecule has 0 bridgehead atoms. The summed E-state index contributed by atoms with van der Waals surface area (Å²) >= 11 is 0. The molecule has 0 aromatic carbocycles. The first-order valence-corrected chi connectivity index (χ1v) is 7.22. The fourth-order valence-corrected chi connectivity index (χ4v) is 3.06. The Bertz CT molecular complexity index is 378. The van der Waals surface area contributed by atoms with Gasteiger partial charge in [0.05, 0.1) is 0 Å². The highest BCUT2D eigenvalue weighted by Crippen LogP contribution is 2.40. The topological polar surface area (TPSA) is 49.4 Å². The fourth-order valence-electron chi connectivity index (χ4n) is 3.06. The van der Waals surface area contributed by atoms with Crippen LogP contribution in [0.2, 0.25) is 0 Å². The number of carbonyl (C=O) groups excluding carboxylic acids is 2. The van der Waals surface area contributed by atoms with E-state index in [1.165, 1.54) is 6.42 Å². The van der Waals surface area contributed by atoms with Crippen LogP contribution in [-0.2, 0) is 9.59 Å². The van der Waals surface area contributed by atoms with Crippen molar-refractivity contribution in [2.45, 2.75) is 51.6 Å². The van der Waals surface area contributed by atoms with Crippen molar-refractivity contribution in [3.05, 3.63) is 0 Å². The van der Waals surface area contributed by atoms with Crippen molar-refractivity contribution in [1.29, 1.82) is 0 Å². The molecule has 4 nitrogen and oxygen atoms in total. The highest BCUT2D eigenvalue weighted by atomic mass is 16.2. The van der Waals surface area contributed by atoms with E-state index in [-0.39, 0.29) is 23.9 Å². The minimum atomic E-state index is -0.236. The maximum atomic E-state index is 12.5. The summed E-state index contributed by atoms with van der Waals surface area (Å²) in [5.41, 5.74) is 0. The van der Waals surface area contributed by atoms with Gasteiger partial charge in [0.25, 0.3) is 0 Å². The summed E-state index contributed by atoms with van der Waals surface area (Å²) in [4.78, 5) is 26.5. The molecule has 1 saturated heterocycles. The lowest BCUT2D eigenvalue weighted by atomic mass is 10.0. The molecule has 4 heteroatoms. The van der Waals surface area contributed by atoms with E-state index in [2.05, 4.69) is 12.2 Å². The molecule has 0 spiro atoms. The van der Waals surface area contributed by atoms with Crippen LogP contribution in [0.25, 0.3) is 0 Å². The first-order chi connectivity index (χ1) is 8.61. The number of carbonyl (C=O) groups is 2. The van der Waals surface area contributed by atoms with Gasteiger partial charge in [0.2, 0.25) is 11.8 Å². The minimum absolute atomic E-state index is 0.0577. The molecule has 4 unspecified atom stereocenters. The van der Waals surface area contributed by atoms with Crippen LogP contribution in [0.1, 0.15) is 39.5 Å². The van der Waals surface area contributed by atoms with E-state index in [1.54, 1.807) is 0 Å². The second-order valence-corrected chi connectivity index (χ2v) is 6.21. The number of hydrogen-bond donors (Lipinski definition) is 1. The zero-order chi connectivity index (χ0) is 12.9. The van der Waals surface area contributed by atoms with Gasteiger partial charge in [0, 0.05) is 6.54 Å². The molecule has 3 fully saturated rings. The van der Waals surface area contributed by atoms with Crippen molar-refractivity contribution in [2.24, 2.45) is 17.8 Å². The van der Waals surface area contributed by atoms with E-state index in [9.17, 15) is 9.59 Å². The number of hydrogen-bond acceptors (Lipinski definition) is 2. The Hall–Kier alpha value is -1.06. The molecule has 100 valence electrons. The van der Waals surface area contributed by atoms with Crippen LogP contribution in [-0.4, -0.2) is 35.3 Å². The van der Waals surface area contributed by atoms with Gasteiger partial charge in [-0.15, -0.1) is 0 Å². The Kier molecular flexibility index (Phi) is 2.83. The van der Waals surface area contributed by atoms with E-state index < -0.39 is 0 Å². The molecule has 0 radical (unpaired) electrons. The van der Waals surface area contributed by atoms with Crippen molar-refractivity contribution >= 4 is 11.8 Å². The Balaban J connectivity index is 1.75. The second kappa shape index (κ2) is 4.25. The van der Waals surface area contributed by atoms with Crippen molar-refractivity contribution in [3.8, 4) is 0 Å². The maximum Gasteiger partial charge on any atom is 0.246 e. The van der Waals surface area contributed by atoms with Crippen LogP contribution in [0.4, 0.5) is 0 Å². The first-order valence-electron chi connectivity index (χ1n) is 7.22. The number of nitrogens with one attached hydrogen (secondary N) is 1. The normalized spacial score (nSPS) is 39.8. The smallest absolute Gasteiger partial charge is 0.246 e. The molecule has 0 aromatic rings. The van der Waals surface area contributed by atoms with Crippen LogP contribution in [0.15, 0.2) is 0 Å². The molecule has 1 N–H and O–H groups in total. The molecule has 4 atom stereocenters. The Labute approximate surface area is 108 Å². The summed E-state index contributed by atoms with van der Waals surface area (Å²) in [6, 6.07) is -0.463. The Morgan fingerprint density at radius 2 is 2.00 bits per heavy atom. The highest BCUT2D eigenvalue weighted by Gasteiger charge is 2.48. The fraction of sp³-hybridized carbons (Fsp3) is 0.857. The molecule has 0 aromatic heterocycles. The maximum absolute atomic E-state index is 12.5. The van der Waals surface area contributed by atoms with Gasteiger partial charge in [-0.1, -0.05) is 13.8 Å². The number of nitrogens with zero attached hydrogens (tertiary/aromatic N) is 1. The lowest BCUT2D eigenvalue weighted by Gasteiger charge is -2.39. The molecule has 3 rings (SSSR count). The van der Waals surface area contributed by atoms with Gasteiger partial charge in [0.1, 0.15) is 12.1 Å². The standard InChI is InChI=1S/C14H22N2O2/c1-3-11-13(17)15-12(9-4-5-9)14(18)16(11)7-10-6-8(10)2/h8-12H,3-7H2,1-2H3,(H,15,17). The van der Waals surface area contributed by atoms with Gasteiger partial charge in [-0.25, -0.2) is 0 Å². The molecule has 1 aliphatic heterocycles. The van der Waals surface area contributed by atoms with Gasteiger partial charge in [0.15, 0.2) is 0 Å². The van der Waals surface area contributed by atoms with E-state index in [0.717, 1.165) is 31.7 Å². The van der Waals surface area contributed by atoms with Gasteiger partial charge >= 0.3 is 0 Å². The van der Waals surface area contributed by atoms with E-state index in [4.69, 9.17) is 0 Å². The van der Waals surface area contributed by atoms with E-state index in [0.29, 0.717) is 11.8 Å². The third kappa shape index (κ3) is 2.02. The summed E-state index contributed by atoms with van der Waals surface area (Å²) in [5.74, 6) is 1.97. The van der Waals surface area contributed by atoms with E-state index in [1.807, 2.05) is 11.8 Å². The molecule has 3 aliphatic rings. The third-order valence-electron chi connectivity index (χ3n) is 4.71. The summed E-state index contributed by atoms with van der Waals surface area (Å²) in [7, 11) is 0. The largest absolute Gasteiger partial charge is 0.342 e. The average molecular weight is 250 g/mol. The SMILES string of the molecule is CCC1C(=O)NC(C2CC2)C(=O)N1CC1CC1C. The summed E-state index contributed by atoms with van der Waals surface area (Å²) in [6.45, 7) is 4.99. The average Bonchev–Trinajstić information content (AvgIpc) is 3.22. The second-order valence-electron chi connectivity index (χ2n) is 6.21. The Morgan fingerprint density at radius 3 is 2.50 bits per heavy atom. The van der Waals surface area contributed by atoms with Crippen LogP contribution in [0.3, 0.4) is 0 Å². The summed E-state index contributed by atoms with van der Waals surface area (Å²) < 4.78 is 0. The van der Waals surface area contributed by atoms with Crippen LogP contribution >= 0.6 is 0 Å². The van der Waals surface area contributed by atoms with E-state index >= 15 is 0 Å². The number of piperazine rings is 1. The lowest BCUT2D eigenvalue weighted by molar-refractivity contribution is -0.150. The zero-order valence-electron chi connectivity index (χ0n) is 11.2. The third-order valence-corrected chi connectivity index (χ3v) is 4.71. The highest BCUT2D eigenvalue weighted by molar-refractivity contribution is 5.97. The molecule has 2 amide bonds. The summed E-state index contributed by atoms with van der Waals surface area (Å²) in [5, 5.41) is 2.93. The van der Waals surface area contributed by atoms with Crippen molar-refractivity contribution < 1.29 is 9.59 Å². The minimum Gasteiger partial charge on any atom is -0.342 e. The van der Waals surface area contributed by atoms with Gasteiger partial charge in [-0.05, 0) is 43.4 Å². The van der Waals surface area contributed by atoms with Crippen LogP contribution < -0.4 is 5.32 Å². The lowest BCUT2D eigenvalue weighted by Crippen LogP contribution is -2.64. The van der Waals surface area contributed by atoms with Gasteiger partial charge in [-0.3, -0.25) is 9.59 Å². The molecule has 2 aliphatic carbocycles. The molecular weight excluding hydrogens is 228 g/mol. The van der Waals surface area contributed by atoms with Crippen LogP contribution in [0.5, 0.6) is 0 Å². The quantitative estimate of drug-likeness (QED) is 0.814. The van der Waals surface area contributed by atoms with Crippen LogP contribution in [0, 0.1) is 17.8 Å². The van der Waals surface area contributed by atoms with Crippen molar-refractivity contribution in [1.82, 2.24) is 10.2 Å². The predicted molar refractivity (Wildman–Crippen MR) is 67.7 cm³/mol. The zero-order valence-corrected chi connectivity index (χ0v) is 11.2. The molecular formula is C14H22N2O2. The molecule has 18 heavy (non-hydrogen) atoms. The number of amides is 2. The Morgan fingerprint density at radius 1 is 1.33 bits per heavy atom. The number of rotatable bonds is 4. The predicted octanol–water partition coefficient (Wildman–Crippen LogP) is 1.16. The van der Waals surface area contributed by atoms with Gasteiger partial charge < -0.3 is 10.2 Å². The van der Waals surface area contributed by atoms with Crippen molar-refractivity contribution in [3.63, 3.8) is 0 Å². The molecule has 2 saturated carbocycles. The first kappa shape index (κ1) is 12.0. The monoisotopic (exact) mass is 250 g/mol. The summed E-state index contributed by atoms with van der Waals surface area (Å²) in [6.07, 6.45) is 4.09.